The lowest BCUT2D eigenvalue weighted by Gasteiger charge is -2.23. The summed E-state index contributed by atoms with van der Waals surface area (Å²) in [6, 6.07) is 0. The van der Waals surface area contributed by atoms with E-state index in [0.717, 1.165) is 0 Å². The average molecular weight is 177 g/mol. The van der Waals surface area contributed by atoms with Crippen LogP contribution in [-0.4, -0.2) is 29.6 Å². The molecule has 1 aliphatic rings. The molecule has 1 fully saturated rings. The summed E-state index contributed by atoms with van der Waals surface area (Å²) in [5.74, 6) is -2.95. The first-order valence-corrected chi connectivity index (χ1v) is 3.45. The summed E-state index contributed by atoms with van der Waals surface area (Å²) in [7, 11) is 0. The van der Waals surface area contributed by atoms with Gasteiger partial charge in [-0.25, -0.2) is 4.79 Å². The lowest BCUT2D eigenvalue weighted by Crippen LogP contribution is -2.48. The minimum atomic E-state index is -1.50. The molecule has 0 radical (unpaired) electrons. The number of amides is 1. The van der Waals surface area contributed by atoms with E-state index in [4.69, 9.17) is 5.11 Å². The topological polar surface area (TPSA) is 75.6 Å². The van der Waals surface area contributed by atoms with Crippen molar-refractivity contribution in [2.24, 2.45) is 5.92 Å². The van der Waals surface area contributed by atoms with Crippen LogP contribution < -0.4 is 5.32 Å². The van der Waals surface area contributed by atoms with Gasteiger partial charge in [-0.05, 0) is 6.42 Å². The van der Waals surface area contributed by atoms with E-state index < -0.39 is 23.9 Å². The molecule has 68 valence electrons. The summed E-state index contributed by atoms with van der Waals surface area (Å²) in [6.45, 7) is 0.246. The van der Waals surface area contributed by atoms with Gasteiger partial charge in [-0.15, -0.1) is 0 Å². The van der Waals surface area contributed by atoms with Gasteiger partial charge in [0, 0.05) is 11.1 Å². The molecule has 0 bridgehead atoms. The second kappa shape index (κ2) is 3.48. The van der Waals surface area contributed by atoms with E-state index in [1.165, 1.54) is 0 Å². The standard InChI is InChI=1S/C6H8FNO4/c7-12-6(11)3-1-2-8-5(10)4(3)9/h3-4,9H,1-2H2,(H,8,10). The van der Waals surface area contributed by atoms with E-state index >= 15 is 0 Å². The number of carbonyl (C=O) groups excluding carboxylic acids is 2. The number of hydrogen-bond acceptors (Lipinski definition) is 4. The van der Waals surface area contributed by atoms with Crippen molar-refractivity contribution < 1.29 is 24.2 Å². The number of hydrogen-bond donors (Lipinski definition) is 2. The van der Waals surface area contributed by atoms with E-state index in [1.807, 2.05) is 0 Å². The largest absolute Gasteiger partial charge is 0.382 e. The molecule has 0 saturated carbocycles. The normalized spacial score (nSPS) is 29.3. The maximum absolute atomic E-state index is 11.4. The van der Waals surface area contributed by atoms with E-state index in [0.29, 0.717) is 0 Å². The molecule has 0 aromatic carbocycles. The SMILES string of the molecule is O=C1NCCC(C(=O)OF)C1O. The molecule has 12 heavy (non-hydrogen) atoms. The molecule has 0 aliphatic carbocycles. The molecular weight excluding hydrogens is 169 g/mol. The molecular formula is C6H8FNO4. The van der Waals surface area contributed by atoms with Gasteiger partial charge in [-0.3, -0.25) is 9.74 Å². The third kappa shape index (κ3) is 1.53. The van der Waals surface area contributed by atoms with Crippen molar-refractivity contribution >= 4 is 11.9 Å². The minimum absolute atomic E-state index is 0.190. The number of aliphatic hydroxyl groups excluding tert-OH is 1. The fraction of sp³-hybridized carbons (Fsp3) is 0.667. The number of nitrogens with one attached hydrogen (secondary N) is 1. The molecule has 1 rings (SSSR count). The highest BCUT2D eigenvalue weighted by Crippen LogP contribution is 2.15. The summed E-state index contributed by atoms with van der Waals surface area (Å²) >= 11 is 0. The lowest BCUT2D eigenvalue weighted by atomic mass is 9.95. The Hall–Kier alpha value is -1.17. The minimum Gasteiger partial charge on any atom is -0.382 e. The van der Waals surface area contributed by atoms with Crippen LogP contribution in [0, 0.1) is 5.92 Å². The zero-order chi connectivity index (χ0) is 9.14. The molecule has 1 saturated heterocycles. The highest BCUT2D eigenvalue weighted by atomic mass is 19.3. The Morgan fingerprint density at radius 2 is 2.42 bits per heavy atom. The lowest BCUT2D eigenvalue weighted by molar-refractivity contribution is -0.194. The van der Waals surface area contributed by atoms with Gasteiger partial charge in [0.25, 0.3) is 0 Å². The smallest absolute Gasteiger partial charge is 0.355 e. The molecule has 6 heteroatoms. The Balaban J connectivity index is 2.63. The summed E-state index contributed by atoms with van der Waals surface area (Å²) in [6.07, 6.45) is -1.31. The Morgan fingerprint density at radius 3 is 3.00 bits per heavy atom. The van der Waals surface area contributed by atoms with Crippen molar-refractivity contribution in [2.75, 3.05) is 6.54 Å². The molecule has 1 heterocycles. The fourth-order valence-corrected chi connectivity index (χ4v) is 1.10. The molecule has 1 amide bonds. The number of aliphatic hydroxyl groups is 1. The average Bonchev–Trinajstić information content (AvgIpc) is 2.08. The van der Waals surface area contributed by atoms with Crippen molar-refractivity contribution in [3.63, 3.8) is 0 Å². The van der Waals surface area contributed by atoms with E-state index in [1.54, 1.807) is 0 Å². The molecule has 0 aromatic heterocycles. The zero-order valence-electron chi connectivity index (χ0n) is 6.12. The highest BCUT2D eigenvalue weighted by Gasteiger charge is 2.36. The molecule has 0 aromatic rings. The third-order valence-electron chi connectivity index (χ3n) is 1.78. The maximum Gasteiger partial charge on any atom is 0.355 e. The van der Waals surface area contributed by atoms with Gasteiger partial charge in [0.15, 0.2) is 0 Å². The van der Waals surface area contributed by atoms with Crippen molar-refractivity contribution in [3.05, 3.63) is 0 Å². The van der Waals surface area contributed by atoms with Crippen LogP contribution in [0.3, 0.4) is 0 Å². The highest BCUT2D eigenvalue weighted by molar-refractivity contribution is 5.88. The first-order chi connectivity index (χ1) is 5.66. The van der Waals surface area contributed by atoms with Gasteiger partial charge in [-0.1, -0.05) is 0 Å². The number of rotatable bonds is 1. The van der Waals surface area contributed by atoms with Gasteiger partial charge in [-0.2, -0.15) is 0 Å². The first kappa shape index (κ1) is 8.92. The Bertz CT molecular complexity index is 208. The zero-order valence-corrected chi connectivity index (χ0v) is 6.12. The number of halogens is 1. The van der Waals surface area contributed by atoms with Crippen LogP contribution in [0.15, 0.2) is 0 Å². The van der Waals surface area contributed by atoms with Gasteiger partial charge >= 0.3 is 5.97 Å². The Kier molecular flexibility index (Phi) is 2.59. The predicted octanol–water partition coefficient (Wildman–Crippen LogP) is -1.09. The summed E-state index contributed by atoms with van der Waals surface area (Å²) < 4.78 is 11.4. The third-order valence-corrected chi connectivity index (χ3v) is 1.78. The maximum atomic E-state index is 11.4. The van der Waals surface area contributed by atoms with Crippen LogP contribution in [0.2, 0.25) is 0 Å². The van der Waals surface area contributed by atoms with Gasteiger partial charge in [0.2, 0.25) is 5.91 Å². The summed E-state index contributed by atoms with van der Waals surface area (Å²) in [5, 5.41) is 11.4. The fourth-order valence-electron chi connectivity index (χ4n) is 1.10. The van der Waals surface area contributed by atoms with Crippen LogP contribution in [0.25, 0.3) is 0 Å². The van der Waals surface area contributed by atoms with E-state index in [2.05, 4.69) is 10.3 Å². The monoisotopic (exact) mass is 177 g/mol. The van der Waals surface area contributed by atoms with Crippen LogP contribution in [-0.2, 0) is 14.5 Å². The van der Waals surface area contributed by atoms with Crippen molar-refractivity contribution in [2.45, 2.75) is 12.5 Å². The van der Waals surface area contributed by atoms with Crippen LogP contribution in [0.1, 0.15) is 6.42 Å². The Morgan fingerprint density at radius 1 is 1.75 bits per heavy atom. The van der Waals surface area contributed by atoms with Gasteiger partial charge in [0.1, 0.15) is 6.10 Å². The van der Waals surface area contributed by atoms with Crippen molar-refractivity contribution in [1.29, 1.82) is 0 Å². The van der Waals surface area contributed by atoms with Gasteiger partial charge < -0.3 is 10.4 Å². The van der Waals surface area contributed by atoms with Crippen LogP contribution in [0.4, 0.5) is 4.53 Å². The summed E-state index contributed by atoms with van der Waals surface area (Å²) in [5.41, 5.74) is 0. The van der Waals surface area contributed by atoms with E-state index in [9.17, 15) is 14.1 Å². The quantitative estimate of drug-likeness (QED) is 0.533. The first-order valence-electron chi connectivity index (χ1n) is 3.45. The molecule has 1 aliphatic heterocycles. The number of piperidine rings is 1. The van der Waals surface area contributed by atoms with Crippen LogP contribution >= 0.6 is 0 Å². The molecule has 2 unspecified atom stereocenters. The summed E-state index contributed by atoms with van der Waals surface area (Å²) in [4.78, 5) is 24.2. The van der Waals surface area contributed by atoms with Crippen molar-refractivity contribution in [3.8, 4) is 0 Å². The van der Waals surface area contributed by atoms with E-state index in [-0.39, 0.29) is 13.0 Å². The van der Waals surface area contributed by atoms with Crippen LogP contribution in [0.5, 0.6) is 0 Å². The molecule has 2 atom stereocenters. The number of carbonyl (C=O) groups is 2. The predicted molar refractivity (Wildman–Crippen MR) is 34.3 cm³/mol. The molecule has 5 nitrogen and oxygen atoms in total. The second-order valence-electron chi connectivity index (χ2n) is 2.53. The van der Waals surface area contributed by atoms with Gasteiger partial charge in [0.05, 0.1) is 5.92 Å². The van der Waals surface area contributed by atoms with Crippen molar-refractivity contribution in [1.82, 2.24) is 5.32 Å². The Labute approximate surface area is 67.4 Å². The molecule has 2 N–H and O–H groups in total. The second-order valence-corrected chi connectivity index (χ2v) is 2.53. The molecule has 0 spiro atoms.